The molecule has 1 aromatic rings. The Morgan fingerprint density at radius 2 is 2.16 bits per heavy atom. The zero-order valence-corrected chi connectivity index (χ0v) is 12.1. The molecule has 0 bridgehead atoms. The number of aromatic nitrogens is 2. The molecule has 2 N–H and O–H groups in total. The number of sulfonamides is 1. The van der Waals surface area contributed by atoms with E-state index in [1.165, 1.54) is 6.20 Å². The molecule has 0 aliphatic rings. The number of hydrogen-bond donors (Lipinski definition) is 2. The molecule has 1 rings (SSSR count). The van der Waals surface area contributed by atoms with Crippen LogP contribution in [0.15, 0.2) is 11.2 Å². The van der Waals surface area contributed by atoms with Crippen LogP contribution < -0.4 is 4.72 Å². The van der Waals surface area contributed by atoms with Gasteiger partial charge in [-0.3, -0.25) is 4.79 Å². The topological polar surface area (TPSA) is 101 Å². The van der Waals surface area contributed by atoms with Crippen LogP contribution in [0.5, 0.6) is 0 Å². The maximum Gasteiger partial charge on any atom is 0.321 e. The molecule has 8 heteroatoms. The van der Waals surface area contributed by atoms with Crippen LogP contribution in [0.3, 0.4) is 0 Å². The number of rotatable bonds is 7. The summed E-state index contributed by atoms with van der Waals surface area (Å²) in [5.41, 5.74) is 0. The molecule has 0 radical (unpaired) electrons. The molecule has 1 aromatic heterocycles. The number of nitrogens with zero attached hydrogens (tertiary/aromatic N) is 2. The van der Waals surface area contributed by atoms with Crippen molar-refractivity contribution in [2.45, 2.75) is 51.2 Å². The van der Waals surface area contributed by atoms with E-state index in [0.717, 1.165) is 0 Å². The van der Waals surface area contributed by atoms with Crippen molar-refractivity contribution in [3.63, 3.8) is 0 Å². The summed E-state index contributed by atoms with van der Waals surface area (Å²) in [4.78, 5) is 14.9. The van der Waals surface area contributed by atoms with E-state index in [9.17, 15) is 13.2 Å². The molecule has 0 spiro atoms. The highest BCUT2D eigenvalue weighted by molar-refractivity contribution is 7.89. The van der Waals surface area contributed by atoms with Crippen molar-refractivity contribution in [1.29, 1.82) is 0 Å². The van der Waals surface area contributed by atoms with Crippen molar-refractivity contribution in [1.82, 2.24) is 14.3 Å². The number of carboxylic acid groups (broad SMARTS) is 1. The Morgan fingerprint density at radius 1 is 1.53 bits per heavy atom. The summed E-state index contributed by atoms with van der Waals surface area (Å²) in [6.45, 7) is 5.96. The zero-order chi connectivity index (χ0) is 14.6. The number of nitrogens with one attached hydrogen (secondary N) is 1. The molecule has 19 heavy (non-hydrogen) atoms. The Morgan fingerprint density at radius 3 is 2.58 bits per heavy atom. The molecule has 0 aliphatic heterocycles. The van der Waals surface area contributed by atoms with Gasteiger partial charge in [0.05, 0.1) is 0 Å². The summed E-state index contributed by atoms with van der Waals surface area (Å²) in [6, 6.07) is -1.12. The van der Waals surface area contributed by atoms with Crippen LogP contribution in [0.4, 0.5) is 0 Å². The Kier molecular flexibility index (Phi) is 5.07. The second-order valence-electron chi connectivity index (χ2n) is 4.21. The molecule has 0 saturated heterocycles. The third kappa shape index (κ3) is 3.77. The van der Waals surface area contributed by atoms with Crippen LogP contribution in [0.1, 0.15) is 32.5 Å². The summed E-state index contributed by atoms with van der Waals surface area (Å²) in [6.07, 6.45) is 2.21. The van der Waals surface area contributed by atoms with Crippen LogP contribution in [-0.2, 0) is 21.4 Å². The molecule has 7 nitrogen and oxygen atoms in total. The molecule has 0 unspecified atom stereocenters. The lowest BCUT2D eigenvalue weighted by atomic mass is 10.2. The standard InChI is InChI=1S/C11H19N3O4S/c1-4-6-9(11(15)16)13-19(17,18)10-7-14(5-2)8(3)12-10/h7,9,13H,4-6H2,1-3H3,(H,15,16)/t9-/m0/s1. The minimum atomic E-state index is -3.90. The molecule has 0 amide bonds. The average Bonchev–Trinajstić information content (AvgIpc) is 2.70. The van der Waals surface area contributed by atoms with Crippen LogP contribution in [0.25, 0.3) is 0 Å². The first-order valence-corrected chi connectivity index (χ1v) is 7.59. The molecule has 1 atom stereocenters. The smallest absolute Gasteiger partial charge is 0.321 e. The first kappa shape index (κ1) is 15.6. The Hall–Kier alpha value is -1.41. The normalized spacial score (nSPS) is 13.4. The fourth-order valence-corrected chi connectivity index (χ4v) is 2.93. The molecule has 1 heterocycles. The highest BCUT2D eigenvalue weighted by atomic mass is 32.2. The van der Waals surface area contributed by atoms with Crippen LogP contribution >= 0.6 is 0 Å². The van der Waals surface area contributed by atoms with Crippen molar-refractivity contribution < 1.29 is 18.3 Å². The van der Waals surface area contributed by atoms with Crippen LogP contribution in [0, 0.1) is 6.92 Å². The van der Waals surface area contributed by atoms with E-state index < -0.39 is 22.0 Å². The lowest BCUT2D eigenvalue weighted by molar-refractivity contribution is -0.139. The van der Waals surface area contributed by atoms with Crippen molar-refractivity contribution >= 4 is 16.0 Å². The highest BCUT2D eigenvalue weighted by Crippen LogP contribution is 2.11. The molecule has 0 aromatic carbocycles. The van der Waals surface area contributed by atoms with E-state index in [1.54, 1.807) is 18.4 Å². The summed E-state index contributed by atoms with van der Waals surface area (Å²) in [7, 11) is -3.90. The van der Waals surface area contributed by atoms with E-state index in [2.05, 4.69) is 9.71 Å². The van der Waals surface area contributed by atoms with Gasteiger partial charge in [-0.05, 0) is 20.3 Å². The number of aryl methyl sites for hydroxylation is 2. The highest BCUT2D eigenvalue weighted by Gasteiger charge is 2.26. The SMILES string of the molecule is CCC[C@H](NS(=O)(=O)c1cn(CC)c(C)n1)C(=O)O. The minimum absolute atomic E-state index is 0.144. The van der Waals surface area contributed by atoms with Crippen molar-refractivity contribution in [3.8, 4) is 0 Å². The van der Waals surface area contributed by atoms with Gasteiger partial charge in [0.15, 0.2) is 5.03 Å². The second kappa shape index (κ2) is 6.16. The first-order chi connectivity index (χ1) is 8.81. The number of aliphatic carboxylic acids is 1. The molecular formula is C11H19N3O4S. The minimum Gasteiger partial charge on any atom is -0.480 e. The number of imidazole rings is 1. The molecular weight excluding hydrogens is 270 g/mol. The molecule has 108 valence electrons. The zero-order valence-electron chi connectivity index (χ0n) is 11.3. The molecule has 0 aliphatic carbocycles. The summed E-state index contributed by atoms with van der Waals surface area (Å²) >= 11 is 0. The van der Waals surface area contributed by atoms with Crippen molar-refractivity contribution in [3.05, 3.63) is 12.0 Å². The summed E-state index contributed by atoms with van der Waals surface area (Å²) < 4.78 is 28.0. The van der Waals surface area contributed by atoms with Gasteiger partial charge < -0.3 is 9.67 Å². The fourth-order valence-electron chi connectivity index (χ4n) is 1.70. The van der Waals surface area contributed by atoms with E-state index >= 15 is 0 Å². The number of hydrogen-bond acceptors (Lipinski definition) is 4. The molecule has 0 fully saturated rings. The predicted octanol–water partition coefficient (Wildman–Crippen LogP) is 0.743. The number of carboxylic acids is 1. The third-order valence-electron chi connectivity index (χ3n) is 2.74. The van der Waals surface area contributed by atoms with E-state index in [0.29, 0.717) is 18.8 Å². The van der Waals surface area contributed by atoms with E-state index in [-0.39, 0.29) is 11.4 Å². The summed E-state index contributed by atoms with van der Waals surface area (Å²) in [5.74, 6) is -0.609. The maximum absolute atomic E-state index is 12.1. The Balaban J connectivity index is 2.99. The van der Waals surface area contributed by atoms with Crippen LogP contribution in [0.2, 0.25) is 0 Å². The lowest BCUT2D eigenvalue weighted by Crippen LogP contribution is -2.40. The van der Waals surface area contributed by atoms with Gasteiger partial charge in [0, 0.05) is 12.7 Å². The lowest BCUT2D eigenvalue weighted by Gasteiger charge is -2.12. The van der Waals surface area contributed by atoms with Crippen LogP contribution in [-0.4, -0.2) is 35.1 Å². The largest absolute Gasteiger partial charge is 0.480 e. The van der Waals surface area contributed by atoms with Gasteiger partial charge >= 0.3 is 5.97 Å². The maximum atomic E-state index is 12.1. The Labute approximate surface area is 112 Å². The second-order valence-corrected chi connectivity index (χ2v) is 5.87. The van der Waals surface area contributed by atoms with Crippen molar-refractivity contribution in [2.75, 3.05) is 0 Å². The number of carbonyl (C=O) groups is 1. The average molecular weight is 289 g/mol. The van der Waals surface area contributed by atoms with Gasteiger partial charge in [0.2, 0.25) is 0 Å². The van der Waals surface area contributed by atoms with Gasteiger partial charge in [0.25, 0.3) is 10.0 Å². The monoisotopic (exact) mass is 289 g/mol. The van der Waals surface area contributed by atoms with Gasteiger partial charge in [0.1, 0.15) is 11.9 Å². The quantitative estimate of drug-likeness (QED) is 0.771. The third-order valence-corrected chi connectivity index (χ3v) is 4.08. The fraction of sp³-hybridized carbons (Fsp3) is 0.636. The van der Waals surface area contributed by atoms with E-state index in [1.807, 2.05) is 6.92 Å². The van der Waals surface area contributed by atoms with Crippen molar-refractivity contribution in [2.24, 2.45) is 0 Å². The first-order valence-electron chi connectivity index (χ1n) is 6.10. The van der Waals surface area contributed by atoms with Gasteiger partial charge in [-0.25, -0.2) is 13.4 Å². The predicted molar refractivity (Wildman–Crippen MR) is 69.3 cm³/mol. The van der Waals surface area contributed by atoms with Gasteiger partial charge in [-0.15, -0.1) is 0 Å². The van der Waals surface area contributed by atoms with Gasteiger partial charge in [-0.2, -0.15) is 4.72 Å². The van der Waals surface area contributed by atoms with Gasteiger partial charge in [-0.1, -0.05) is 13.3 Å². The van der Waals surface area contributed by atoms with E-state index in [4.69, 9.17) is 5.11 Å². The summed E-state index contributed by atoms with van der Waals surface area (Å²) in [5, 5.41) is 8.82. The Bertz CT molecular complexity index is 550. The molecule has 0 saturated carbocycles.